The van der Waals surface area contributed by atoms with Crippen LogP contribution in [0.2, 0.25) is 0 Å². The first kappa shape index (κ1) is 18.5. The van der Waals surface area contributed by atoms with Crippen LogP contribution in [-0.4, -0.2) is 64.2 Å². The normalized spacial score (nSPS) is 17.8. The number of urea groups is 1. The van der Waals surface area contributed by atoms with E-state index in [1.165, 1.54) is 0 Å². The van der Waals surface area contributed by atoms with Gasteiger partial charge in [0, 0.05) is 44.8 Å². The SMILES string of the molecule is Cc1nc2ccc(N(C)C(=O)N3CCN(Cc4noc(C5CC5)n4)CC3)cc2s1. The van der Waals surface area contributed by atoms with Crippen LogP contribution >= 0.6 is 11.3 Å². The van der Waals surface area contributed by atoms with Crippen molar-refractivity contribution in [1.82, 2.24) is 24.9 Å². The molecule has 1 saturated heterocycles. The Bertz CT molecular complexity index is 1030. The smallest absolute Gasteiger partial charge is 0.324 e. The Morgan fingerprint density at radius 1 is 1.24 bits per heavy atom. The first-order valence-corrected chi connectivity index (χ1v) is 10.8. The molecule has 2 fully saturated rings. The number of anilines is 1. The molecular weight excluding hydrogens is 388 g/mol. The van der Waals surface area contributed by atoms with Gasteiger partial charge in [0.2, 0.25) is 5.89 Å². The Kier molecular flexibility index (Phi) is 4.71. The molecule has 0 atom stereocenters. The van der Waals surface area contributed by atoms with Gasteiger partial charge in [-0.25, -0.2) is 9.78 Å². The third kappa shape index (κ3) is 3.84. The van der Waals surface area contributed by atoms with Crippen LogP contribution in [0.4, 0.5) is 10.5 Å². The van der Waals surface area contributed by atoms with Crippen molar-refractivity contribution in [2.45, 2.75) is 32.2 Å². The zero-order valence-corrected chi connectivity index (χ0v) is 17.5. The van der Waals surface area contributed by atoms with Crippen molar-refractivity contribution in [2.24, 2.45) is 0 Å². The number of rotatable bonds is 4. The summed E-state index contributed by atoms with van der Waals surface area (Å²) in [6.07, 6.45) is 2.32. The zero-order chi connectivity index (χ0) is 20.0. The quantitative estimate of drug-likeness (QED) is 0.655. The maximum atomic E-state index is 13.0. The molecule has 1 aliphatic carbocycles. The summed E-state index contributed by atoms with van der Waals surface area (Å²) in [5.74, 6) is 2.01. The third-order valence-corrected chi connectivity index (χ3v) is 6.51. The molecule has 2 aliphatic rings. The molecule has 5 rings (SSSR count). The summed E-state index contributed by atoms with van der Waals surface area (Å²) in [5, 5.41) is 5.13. The number of aryl methyl sites for hydroxylation is 1. The van der Waals surface area contributed by atoms with E-state index in [4.69, 9.17) is 4.52 Å². The summed E-state index contributed by atoms with van der Waals surface area (Å²) >= 11 is 1.65. The van der Waals surface area contributed by atoms with Gasteiger partial charge in [-0.15, -0.1) is 11.3 Å². The molecule has 8 nitrogen and oxygen atoms in total. The molecule has 0 bridgehead atoms. The van der Waals surface area contributed by atoms with E-state index in [1.54, 1.807) is 16.2 Å². The summed E-state index contributed by atoms with van der Waals surface area (Å²) in [7, 11) is 1.84. The predicted octanol–water partition coefficient (Wildman–Crippen LogP) is 3.24. The van der Waals surface area contributed by atoms with Gasteiger partial charge in [-0.2, -0.15) is 4.98 Å². The molecule has 0 N–H and O–H groups in total. The van der Waals surface area contributed by atoms with Crippen molar-refractivity contribution in [3.05, 3.63) is 34.9 Å². The molecular formula is C20H24N6O2S. The molecule has 3 aromatic rings. The van der Waals surface area contributed by atoms with E-state index in [2.05, 4.69) is 20.0 Å². The molecule has 1 aromatic carbocycles. The van der Waals surface area contributed by atoms with Crippen LogP contribution in [0.15, 0.2) is 22.7 Å². The second-order valence-electron chi connectivity index (χ2n) is 7.81. The number of hydrogen-bond donors (Lipinski definition) is 0. The summed E-state index contributed by atoms with van der Waals surface area (Å²) in [6, 6.07) is 6.02. The van der Waals surface area contributed by atoms with Gasteiger partial charge < -0.3 is 9.42 Å². The predicted molar refractivity (Wildman–Crippen MR) is 111 cm³/mol. The lowest BCUT2D eigenvalue weighted by atomic mass is 10.2. The van der Waals surface area contributed by atoms with Gasteiger partial charge >= 0.3 is 6.03 Å². The molecule has 152 valence electrons. The van der Waals surface area contributed by atoms with E-state index >= 15 is 0 Å². The Hall–Kier alpha value is -2.52. The number of carbonyl (C=O) groups excluding carboxylic acids is 1. The fourth-order valence-electron chi connectivity index (χ4n) is 3.68. The molecule has 3 heterocycles. The van der Waals surface area contributed by atoms with Gasteiger partial charge in [0.25, 0.3) is 0 Å². The van der Waals surface area contributed by atoms with E-state index in [1.807, 2.05) is 37.1 Å². The fraction of sp³-hybridized carbons (Fsp3) is 0.500. The number of fused-ring (bicyclic) bond motifs is 1. The van der Waals surface area contributed by atoms with Gasteiger partial charge in [-0.05, 0) is 38.0 Å². The highest BCUT2D eigenvalue weighted by Crippen LogP contribution is 2.38. The number of amides is 2. The van der Waals surface area contributed by atoms with Gasteiger partial charge in [-0.1, -0.05) is 5.16 Å². The lowest BCUT2D eigenvalue weighted by Crippen LogP contribution is -2.52. The highest BCUT2D eigenvalue weighted by atomic mass is 32.1. The maximum Gasteiger partial charge on any atom is 0.324 e. The minimum atomic E-state index is 0.0285. The minimum Gasteiger partial charge on any atom is -0.339 e. The summed E-state index contributed by atoms with van der Waals surface area (Å²) in [4.78, 5) is 27.9. The monoisotopic (exact) mass is 412 g/mol. The van der Waals surface area contributed by atoms with Crippen LogP contribution in [0.3, 0.4) is 0 Å². The topological polar surface area (TPSA) is 78.6 Å². The molecule has 0 radical (unpaired) electrons. The average Bonchev–Trinajstić information content (AvgIpc) is 3.36. The maximum absolute atomic E-state index is 13.0. The molecule has 2 aromatic heterocycles. The summed E-state index contributed by atoms with van der Waals surface area (Å²) in [5.41, 5.74) is 1.88. The fourth-order valence-corrected chi connectivity index (χ4v) is 4.54. The largest absolute Gasteiger partial charge is 0.339 e. The first-order valence-electron chi connectivity index (χ1n) is 10.0. The number of aromatic nitrogens is 3. The van der Waals surface area contributed by atoms with Crippen molar-refractivity contribution >= 4 is 33.3 Å². The van der Waals surface area contributed by atoms with Crippen LogP contribution < -0.4 is 4.90 Å². The van der Waals surface area contributed by atoms with Crippen LogP contribution in [0.25, 0.3) is 10.2 Å². The first-order chi connectivity index (χ1) is 14.1. The van der Waals surface area contributed by atoms with Crippen molar-refractivity contribution in [1.29, 1.82) is 0 Å². The van der Waals surface area contributed by atoms with E-state index in [9.17, 15) is 4.79 Å². The van der Waals surface area contributed by atoms with Crippen molar-refractivity contribution in [3.63, 3.8) is 0 Å². The number of benzene rings is 1. The molecule has 9 heteroatoms. The molecule has 29 heavy (non-hydrogen) atoms. The lowest BCUT2D eigenvalue weighted by Gasteiger charge is -2.36. The van der Waals surface area contributed by atoms with Crippen molar-refractivity contribution < 1.29 is 9.32 Å². The van der Waals surface area contributed by atoms with Gasteiger partial charge in [0.15, 0.2) is 5.82 Å². The highest BCUT2D eigenvalue weighted by Gasteiger charge is 2.30. The van der Waals surface area contributed by atoms with Crippen molar-refractivity contribution in [2.75, 3.05) is 38.1 Å². The zero-order valence-electron chi connectivity index (χ0n) is 16.7. The lowest BCUT2D eigenvalue weighted by molar-refractivity contribution is 0.137. The van der Waals surface area contributed by atoms with E-state index < -0.39 is 0 Å². The molecule has 0 unspecified atom stereocenters. The molecule has 2 amide bonds. The van der Waals surface area contributed by atoms with Crippen molar-refractivity contribution in [3.8, 4) is 0 Å². The van der Waals surface area contributed by atoms with Gasteiger partial charge in [0.05, 0.1) is 21.8 Å². The van der Waals surface area contributed by atoms with Crippen LogP contribution in [0.5, 0.6) is 0 Å². The Labute approximate surface area is 173 Å². The second-order valence-corrected chi connectivity index (χ2v) is 9.05. The number of piperazine rings is 1. The van der Waals surface area contributed by atoms with E-state index in [0.717, 1.165) is 58.6 Å². The Balaban J connectivity index is 1.18. The molecule has 1 saturated carbocycles. The number of carbonyl (C=O) groups is 1. The van der Waals surface area contributed by atoms with Crippen LogP contribution in [-0.2, 0) is 6.54 Å². The standard InChI is InChI=1S/C20H24N6O2S/c1-13-21-16-6-5-15(11-17(16)29-13)24(2)20(27)26-9-7-25(8-10-26)12-18-22-19(28-23-18)14-3-4-14/h5-6,11,14H,3-4,7-10,12H2,1-2H3. The highest BCUT2D eigenvalue weighted by molar-refractivity contribution is 7.18. The Morgan fingerprint density at radius 2 is 2.03 bits per heavy atom. The molecule has 0 spiro atoms. The summed E-state index contributed by atoms with van der Waals surface area (Å²) < 4.78 is 6.45. The number of thiazole rings is 1. The molecule has 1 aliphatic heterocycles. The number of hydrogen-bond acceptors (Lipinski definition) is 7. The summed E-state index contributed by atoms with van der Waals surface area (Å²) in [6.45, 7) is 5.67. The third-order valence-electron chi connectivity index (χ3n) is 5.57. The van der Waals surface area contributed by atoms with Crippen LogP contribution in [0, 0.1) is 6.92 Å². The Morgan fingerprint density at radius 3 is 2.79 bits per heavy atom. The van der Waals surface area contributed by atoms with Gasteiger partial charge in [0.1, 0.15) is 0 Å². The van der Waals surface area contributed by atoms with Gasteiger partial charge in [-0.3, -0.25) is 9.80 Å². The van der Waals surface area contributed by atoms with Crippen LogP contribution in [0.1, 0.15) is 35.5 Å². The second kappa shape index (κ2) is 7.38. The van der Waals surface area contributed by atoms with E-state index in [0.29, 0.717) is 25.6 Å². The van der Waals surface area contributed by atoms with E-state index in [-0.39, 0.29) is 6.03 Å². The number of nitrogens with zero attached hydrogens (tertiary/aromatic N) is 6. The average molecular weight is 413 g/mol. The minimum absolute atomic E-state index is 0.0285.